The van der Waals surface area contributed by atoms with Crippen molar-refractivity contribution in [2.45, 2.75) is 13.5 Å². The van der Waals surface area contributed by atoms with Crippen molar-refractivity contribution >= 4 is 12.1 Å². The van der Waals surface area contributed by atoms with Crippen LogP contribution in [-0.4, -0.2) is 45.6 Å². The maximum Gasteiger partial charge on any atom is 0.203 e. The van der Waals surface area contributed by atoms with Gasteiger partial charge in [0.15, 0.2) is 28.8 Å². The number of Topliss-reactive ketones (excluding diaryl/α,β-unsaturated/α-hetero) is 1. The molecule has 3 rings (SSSR count). The molecule has 0 aromatic heterocycles. The van der Waals surface area contributed by atoms with Gasteiger partial charge in [-0.2, -0.15) is 0 Å². The highest BCUT2D eigenvalue weighted by Gasteiger charge is 2.14. The monoisotopic (exact) mass is 468 g/mol. The maximum atomic E-state index is 11.1. The van der Waals surface area contributed by atoms with Crippen LogP contribution in [0.5, 0.6) is 34.5 Å². The van der Waals surface area contributed by atoms with E-state index in [0.29, 0.717) is 35.0 Å². The molecule has 0 radical (unpaired) electrons. The van der Waals surface area contributed by atoms with Gasteiger partial charge in [0.1, 0.15) is 12.9 Å². The molecule has 0 saturated heterocycles. The van der Waals surface area contributed by atoms with Gasteiger partial charge in [-0.1, -0.05) is 30.3 Å². The lowest BCUT2D eigenvalue weighted by molar-refractivity contribution is 0.101. The molecule has 0 atom stereocenters. The normalized spacial score (nSPS) is 9.79. The lowest BCUT2D eigenvalue weighted by Crippen LogP contribution is -2.01. The van der Waals surface area contributed by atoms with Crippen molar-refractivity contribution in [3.05, 3.63) is 71.3 Å². The second-order valence-corrected chi connectivity index (χ2v) is 6.93. The average molecular weight is 469 g/mol. The van der Waals surface area contributed by atoms with Gasteiger partial charge in [-0.25, -0.2) is 0 Å². The SMILES string of the molecule is COc1cc(C(C)=O)cc(OC)c1O.COc1cc(C=O)cc(OC)c1OCc1ccccc1. The number of ketones is 1. The summed E-state index contributed by atoms with van der Waals surface area (Å²) in [6, 6.07) is 16.0. The number of rotatable bonds is 9. The van der Waals surface area contributed by atoms with Gasteiger partial charge in [-0.15, -0.1) is 0 Å². The molecule has 0 saturated carbocycles. The molecular formula is C26H28O8. The van der Waals surface area contributed by atoms with Gasteiger partial charge < -0.3 is 28.8 Å². The number of aldehydes is 1. The summed E-state index contributed by atoms with van der Waals surface area (Å²) in [7, 11) is 5.88. The number of phenols is 1. The maximum absolute atomic E-state index is 11.1. The summed E-state index contributed by atoms with van der Waals surface area (Å²) >= 11 is 0. The number of benzene rings is 3. The Morgan fingerprint density at radius 2 is 1.32 bits per heavy atom. The predicted octanol–water partition coefficient (Wildman–Crippen LogP) is 4.71. The summed E-state index contributed by atoms with van der Waals surface area (Å²) in [5, 5.41) is 9.53. The summed E-state index contributed by atoms with van der Waals surface area (Å²) in [6.07, 6.45) is 0.742. The topological polar surface area (TPSA) is 101 Å². The Morgan fingerprint density at radius 1 is 0.824 bits per heavy atom. The summed E-state index contributed by atoms with van der Waals surface area (Å²) in [6.45, 7) is 1.83. The molecule has 8 heteroatoms. The second-order valence-electron chi connectivity index (χ2n) is 6.93. The molecule has 3 aromatic carbocycles. The molecule has 0 unspecified atom stereocenters. The smallest absolute Gasteiger partial charge is 0.203 e. The van der Waals surface area contributed by atoms with Gasteiger partial charge in [-0.3, -0.25) is 9.59 Å². The lowest BCUT2D eigenvalue weighted by Gasteiger charge is -2.15. The molecule has 0 spiro atoms. The molecule has 3 aromatic rings. The van der Waals surface area contributed by atoms with E-state index in [2.05, 4.69) is 0 Å². The molecule has 0 aliphatic carbocycles. The van der Waals surface area contributed by atoms with Crippen LogP contribution in [0.15, 0.2) is 54.6 Å². The third-order valence-electron chi connectivity index (χ3n) is 4.73. The third kappa shape index (κ3) is 6.65. The minimum Gasteiger partial charge on any atom is -0.502 e. The highest BCUT2D eigenvalue weighted by molar-refractivity contribution is 5.95. The van der Waals surface area contributed by atoms with E-state index >= 15 is 0 Å². The second kappa shape index (κ2) is 12.7. The van der Waals surface area contributed by atoms with Crippen LogP contribution < -0.4 is 23.7 Å². The van der Waals surface area contributed by atoms with Gasteiger partial charge >= 0.3 is 0 Å². The standard InChI is InChI=1S/C16H16O4.C10H12O4/c1-18-14-8-13(10-17)9-15(19-2)16(14)20-11-12-6-4-3-5-7-12;1-6(11)7-4-8(13-2)10(12)9(5-7)14-3/h3-10H,11H2,1-2H3;4-5,12H,1-3H3. The fourth-order valence-corrected chi connectivity index (χ4v) is 2.94. The molecule has 34 heavy (non-hydrogen) atoms. The predicted molar refractivity (Wildman–Crippen MR) is 127 cm³/mol. The first-order valence-corrected chi connectivity index (χ1v) is 10.2. The number of hydrogen-bond donors (Lipinski definition) is 1. The van der Waals surface area contributed by atoms with Crippen molar-refractivity contribution < 1.29 is 38.4 Å². The Bertz CT molecular complexity index is 1060. The van der Waals surface area contributed by atoms with E-state index in [1.807, 2.05) is 30.3 Å². The highest BCUT2D eigenvalue weighted by atomic mass is 16.5. The van der Waals surface area contributed by atoms with Crippen molar-refractivity contribution in [1.29, 1.82) is 0 Å². The summed E-state index contributed by atoms with van der Waals surface area (Å²) in [4.78, 5) is 22.0. The zero-order valence-electron chi connectivity index (χ0n) is 19.8. The summed E-state index contributed by atoms with van der Waals surface area (Å²) < 4.78 is 26.1. The number of carbonyl (C=O) groups is 2. The van der Waals surface area contributed by atoms with E-state index < -0.39 is 0 Å². The van der Waals surface area contributed by atoms with Crippen LogP contribution in [0.4, 0.5) is 0 Å². The van der Waals surface area contributed by atoms with Crippen molar-refractivity contribution in [2.24, 2.45) is 0 Å². The van der Waals surface area contributed by atoms with Gasteiger partial charge in [0, 0.05) is 11.1 Å². The van der Waals surface area contributed by atoms with Crippen molar-refractivity contribution in [3.63, 3.8) is 0 Å². The first-order valence-electron chi connectivity index (χ1n) is 10.2. The number of aromatic hydroxyl groups is 1. The zero-order chi connectivity index (χ0) is 25.1. The third-order valence-corrected chi connectivity index (χ3v) is 4.73. The van der Waals surface area contributed by atoms with E-state index in [9.17, 15) is 14.7 Å². The number of carbonyl (C=O) groups excluding carboxylic acids is 2. The quantitative estimate of drug-likeness (QED) is 0.356. The fraction of sp³-hybridized carbons (Fsp3) is 0.231. The van der Waals surface area contributed by atoms with Crippen LogP contribution >= 0.6 is 0 Å². The number of methoxy groups -OCH3 is 4. The number of phenolic OH excluding ortho intramolecular Hbond substituents is 1. The van der Waals surface area contributed by atoms with Crippen LogP contribution in [0.25, 0.3) is 0 Å². The average Bonchev–Trinajstić information content (AvgIpc) is 2.87. The van der Waals surface area contributed by atoms with Crippen LogP contribution in [0, 0.1) is 0 Å². The molecule has 8 nitrogen and oxygen atoms in total. The van der Waals surface area contributed by atoms with Crippen molar-refractivity contribution in [3.8, 4) is 34.5 Å². The Kier molecular flexibility index (Phi) is 9.76. The molecule has 0 heterocycles. The van der Waals surface area contributed by atoms with Crippen molar-refractivity contribution in [1.82, 2.24) is 0 Å². The molecule has 0 aliphatic heterocycles. The molecule has 1 N–H and O–H groups in total. The zero-order valence-corrected chi connectivity index (χ0v) is 19.8. The molecular weight excluding hydrogens is 440 g/mol. The molecule has 180 valence electrons. The lowest BCUT2D eigenvalue weighted by atomic mass is 10.1. The minimum absolute atomic E-state index is 0.0972. The van der Waals surface area contributed by atoms with E-state index in [4.69, 9.17) is 23.7 Å². The number of hydrogen-bond acceptors (Lipinski definition) is 8. The van der Waals surface area contributed by atoms with Crippen molar-refractivity contribution in [2.75, 3.05) is 28.4 Å². The van der Waals surface area contributed by atoms with Gasteiger partial charge in [-0.05, 0) is 36.8 Å². The van der Waals surface area contributed by atoms with Crippen LogP contribution in [0.3, 0.4) is 0 Å². The molecule has 0 fully saturated rings. The van der Waals surface area contributed by atoms with E-state index in [-0.39, 0.29) is 23.0 Å². The molecule has 0 aliphatic rings. The fourth-order valence-electron chi connectivity index (χ4n) is 2.94. The Morgan fingerprint density at radius 3 is 1.74 bits per heavy atom. The minimum atomic E-state index is -0.110. The number of ether oxygens (including phenoxy) is 5. The van der Waals surface area contributed by atoms with Gasteiger partial charge in [0.05, 0.1) is 28.4 Å². The Labute approximate surface area is 198 Å². The highest BCUT2D eigenvalue weighted by Crippen LogP contribution is 2.39. The van der Waals surface area contributed by atoms with Gasteiger partial charge in [0.25, 0.3) is 0 Å². The van der Waals surface area contributed by atoms with Crippen LogP contribution in [0.2, 0.25) is 0 Å². The Balaban J connectivity index is 0.000000257. The van der Waals surface area contributed by atoms with E-state index in [1.54, 1.807) is 12.1 Å². The first kappa shape index (κ1) is 26.1. The summed E-state index contributed by atoms with van der Waals surface area (Å²) in [5.41, 5.74) is 1.96. The largest absolute Gasteiger partial charge is 0.502 e. The van der Waals surface area contributed by atoms with E-state index in [0.717, 1.165) is 11.8 Å². The Hall–Kier alpha value is -4.20. The molecule has 0 amide bonds. The van der Waals surface area contributed by atoms with E-state index in [1.165, 1.54) is 47.5 Å². The van der Waals surface area contributed by atoms with Crippen LogP contribution in [-0.2, 0) is 6.61 Å². The molecule has 0 bridgehead atoms. The summed E-state index contributed by atoms with van der Waals surface area (Å²) in [5.74, 6) is 1.69. The first-order chi connectivity index (χ1) is 16.4. The van der Waals surface area contributed by atoms with Gasteiger partial charge in [0.2, 0.25) is 11.5 Å². The van der Waals surface area contributed by atoms with Crippen LogP contribution in [0.1, 0.15) is 33.2 Å².